The van der Waals surface area contributed by atoms with Crippen molar-refractivity contribution in [2.24, 2.45) is 20.0 Å². The molecule has 1 aromatic carbocycles. The molecule has 0 saturated heterocycles. The zero-order chi connectivity index (χ0) is 17.3. The number of rotatable bonds is 11. The monoisotopic (exact) mass is 320 g/mol. The molecule has 0 aliphatic heterocycles. The summed E-state index contributed by atoms with van der Waals surface area (Å²) in [6.07, 6.45) is 9.37. The second kappa shape index (κ2) is 13.8. The maximum absolute atomic E-state index is 4.17. The lowest BCUT2D eigenvalue weighted by Gasteiger charge is -1.94. The summed E-state index contributed by atoms with van der Waals surface area (Å²) in [5.41, 5.74) is 1.59. The van der Waals surface area contributed by atoms with Crippen LogP contribution in [0.4, 0.5) is 5.69 Å². The van der Waals surface area contributed by atoms with E-state index >= 15 is 0 Å². The van der Waals surface area contributed by atoms with Gasteiger partial charge in [0.25, 0.3) is 0 Å². The molecule has 0 aliphatic rings. The Labute approximate surface area is 144 Å². The van der Waals surface area contributed by atoms with Crippen molar-refractivity contribution in [2.45, 2.75) is 25.7 Å². The summed E-state index contributed by atoms with van der Waals surface area (Å²) in [6.45, 7) is 8.76. The van der Waals surface area contributed by atoms with Crippen molar-refractivity contribution >= 4 is 17.7 Å². The fourth-order valence-corrected chi connectivity index (χ4v) is 1.80. The van der Waals surface area contributed by atoms with Crippen LogP contribution in [0.1, 0.15) is 25.7 Å². The molecule has 0 unspecified atom stereocenters. The second-order valence-corrected chi connectivity index (χ2v) is 4.97. The molecule has 1 rings (SSSR count). The Morgan fingerprint density at radius 1 is 0.917 bits per heavy atom. The highest BCUT2D eigenvalue weighted by atomic mass is 14.8. The van der Waals surface area contributed by atoms with Crippen molar-refractivity contribution in [1.29, 1.82) is 0 Å². The van der Waals surface area contributed by atoms with Gasteiger partial charge in [0.1, 0.15) is 0 Å². The van der Waals surface area contributed by atoms with Crippen LogP contribution in [0.25, 0.3) is 0 Å². The molecule has 0 aromatic heterocycles. The van der Waals surface area contributed by atoms with Crippen molar-refractivity contribution < 1.29 is 0 Å². The molecule has 0 radical (unpaired) electrons. The third-order valence-electron chi connectivity index (χ3n) is 3.04. The van der Waals surface area contributed by atoms with E-state index in [1.165, 1.54) is 0 Å². The Balaban J connectivity index is 2.09. The van der Waals surface area contributed by atoms with Gasteiger partial charge in [0.2, 0.25) is 0 Å². The van der Waals surface area contributed by atoms with Gasteiger partial charge in [0, 0.05) is 13.1 Å². The summed E-state index contributed by atoms with van der Waals surface area (Å²) < 4.78 is 0. The van der Waals surface area contributed by atoms with Gasteiger partial charge in [-0.05, 0) is 37.1 Å². The van der Waals surface area contributed by atoms with Crippen molar-refractivity contribution in [1.82, 2.24) is 0 Å². The summed E-state index contributed by atoms with van der Waals surface area (Å²) in [4.78, 5) is 16.5. The average Bonchev–Trinajstić information content (AvgIpc) is 2.62. The molecule has 4 nitrogen and oxygen atoms in total. The highest BCUT2D eigenvalue weighted by Gasteiger charge is 1.88. The van der Waals surface area contributed by atoms with Crippen LogP contribution in [0.2, 0.25) is 0 Å². The van der Waals surface area contributed by atoms with E-state index in [9.17, 15) is 0 Å². The first-order valence-electron chi connectivity index (χ1n) is 8.11. The van der Waals surface area contributed by atoms with E-state index in [4.69, 9.17) is 0 Å². The van der Waals surface area contributed by atoms with Gasteiger partial charge < -0.3 is 0 Å². The number of nitrogens with zero attached hydrogens (tertiary/aromatic N) is 4. The maximum Gasteiger partial charge on any atom is 0.0948 e. The summed E-state index contributed by atoms with van der Waals surface area (Å²) in [5, 5.41) is 0. The smallest absolute Gasteiger partial charge is 0.0948 e. The van der Waals surface area contributed by atoms with Crippen LogP contribution in [-0.2, 0) is 0 Å². The number of aliphatic imine (C=N–C) groups is 4. The molecule has 0 heterocycles. The van der Waals surface area contributed by atoms with Gasteiger partial charge in [-0.1, -0.05) is 50.3 Å². The molecule has 1 aromatic rings. The zero-order valence-electron chi connectivity index (χ0n) is 14.1. The Bertz CT molecular complexity index is 643. The third-order valence-corrected chi connectivity index (χ3v) is 3.04. The molecule has 0 bridgehead atoms. The molecule has 4 heteroatoms. The summed E-state index contributed by atoms with van der Waals surface area (Å²) >= 11 is 0. The first-order chi connectivity index (χ1) is 11.9. The molecular formula is C20H24N4. The topological polar surface area (TPSA) is 49.4 Å². The Hall–Kier alpha value is -2.80. The van der Waals surface area contributed by atoms with Crippen LogP contribution in [0.5, 0.6) is 0 Å². The lowest BCUT2D eigenvalue weighted by Crippen LogP contribution is -1.85. The number of allylic oxidation sites excluding steroid dienone is 3. The van der Waals surface area contributed by atoms with Crippen molar-refractivity contribution in [3.63, 3.8) is 0 Å². The van der Waals surface area contributed by atoms with Crippen molar-refractivity contribution in [3.8, 4) is 0 Å². The number of benzene rings is 1. The molecule has 0 N–H and O–H groups in total. The minimum absolute atomic E-state index is 0.712. The Morgan fingerprint density at radius 2 is 1.58 bits per heavy atom. The van der Waals surface area contributed by atoms with Crippen LogP contribution in [-0.4, -0.2) is 25.1 Å². The van der Waals surface area contributed by atoms with Gasteiger partial charge in [-0.25, -0.2) is 9.98 Å². The second-order valence-electron chi connectivity index (χ2n) is 4.97. The Morgan fingerprint density at radius 3 is 2.21 bits per heavy atom. The number of hydrogen-bond donors (Lipinski definition) is 0. The van der Waals surface area contributed by atoms with Crippen LogP contribution in [0, 0.1) is 0 Å². The van der Waals surface area contributed by atoms with Crippen LogP contribution in [0.15, 0.2) is 87.4 Å². The maximum atomic E-state index is 4.17. The molecule has 24 heavy (non-hydrogen) atoms. The average molecular weight is 320 g/mol. The van der Waals surface area contributed by atoms with E-state index in [2.05, 4.69) is 45.1 Å². The van der Waals surface area contributed by atoms with Gasteiger partial charge in [-0.15, -0.1) is 0 Å². The van der Waals surface area contributed by atoms with Crippen LogP contribution < -0.4 is 0 Å². The number of hydrogen-bond acceptors (Lipinski definition) is 4. The predicted molar refractivity (Wildman–Crippen MR) is 103 cm³/mol. The standard InChI is InChI=1S/C20H24N4/c1-3-12-19(4-2)23-17-21-15-10-5-6-11-16-22-18-24-20-13-8-7-9-14-20/h3-4,7-9,12-14H,1-2,5-6,10-11,15-16H2/b19-12+. The minimum atomic E-state index is 0.712. The number of para-hydroxylation sites is 1. The van der Waals surface area contributed by atoms with Crippen molar-refractivity contribution in [3.05, 3.63) is 67.4 Å². The lowest BCUT2D eigenvalue weighted by molar-refractivity contribution is 0.655. The SMILES string of the molecule is C=C/C=C(\C=C)N=C=NCCCCCCN=C=Nc1ccccc1. The van der Waals surface area contributed by atoms with E-state index in [1.54, 1.807) is 18.2 Å². The fourth-order valence-electron chi connectivity index (χ4n) is 1.80. The molecule has 0 atom stereocenters. The quantitative estimate of drug-likeness (QED) is 0.294. The van der Waals surface area contributed by atoms with Gasteiger partial charge >= 0.3 is 0 Å². The zero-order valence-corrected chi connectivity index (χ0v) is 14.1. The molecule has 0 saturated carbocycles. The molecule has 0 amide bonds. The van der Waals surface area contributed by atoms with E-state index in [0.717, 1.165) is 44.5 Å². The van der Waals surface area contributed by atoms with Crippen molar-refractivity contribution in [2.75, 3.05) is 13.1 Å². The molecule has 0 aliphatic carbocycles. The summed E-state index contributed by atoms with van der Waals surface area (Å²) in [7, 11) is 0. The lowest BCUT2D eigenvalue weighted by atomic mass is 10.2. The first-order valence-corrected chi connectivity index (χ1v) is 8.11. The highest BCUT2D eigenvalue weighted by molar-refractivity contribution is 5.51. The normalized spacial score (nSPS) is 10.1. The highest BCUT2D eigenvalue weighted by Crippen LogP contribution is 2.07. The molecular weight excluding hydrogens is 296 g/mol. The van der Waals surface area contributed by atoms with E-state index in [0.29, 0.717) is 5.70 Å². The van der Waals surface area contributed by atoms with Gasteiger partial charge in [0.15, 0.2) is 0 Å². The van der Waals surface area contributed by atoms with E-state index in [-0.39, 0.29) is 0 Å². The minimum Gasteiger partial charge on any atom is -0.225 e. The largest absolute Gasteiger partial charge is 0.225 e. The fraction of sp³-hybridized carbons (Fsp3) is 0.300. The molecule has 0 spiro atoms. The molecule has 0 fully saturated rings. The predicted octanol–water partition coefficient (Wildman–Crippen LogP) is 5.48. The third kappa shape index (κ3) is 10.0. The molecule has 124 valence electrons. The number of unbranched alkanes of at least 4 members (excludes halogenated alkanes) is 3. The Kier molecular flexibility index (Phi) is 11.1. The first kappa shape index (κ1) is 19.2. The van der Waals surface area contributed by atoms with Gasteiger partial charge in [0.05, 0.1) is 23.4 Å². The van der Waals surface area contributed by atoms with Gasteiger partial charge in [-0.2, -0.15) is 9.98 Å². The van der Waals surface area contributed by atoms with E-state index < -0.39 is 0 Å². The van der Waals surface area contributed by atoms with Crippen LogP contribution in [0.3, 0.4) is 0 Å². The summed E-state index contributed by atoms with van der Waals surface area (Å²) in [5.74, 6) is 0. The van der Waals surface area contributed by atoms with E-state index in [1.807, 2.05) is 30.3 Å². The van der Waals surface area contributed by atoms with Crippen LogP contribution >= 0.6 is 0 Å². The summed E-state index contributed by atoms with van der Waals surface area (Å²) in [6, 6.07) is 15.1. The van der Waals surface area contributed by atoms with Gasteiger partial charge in [-0.3, -0.25) is 0 Å².